The third kappa shape index (κ3) is 7.72. The zero-order valence-corrected chi connectivity index (χ0v) is 25.8. The first kappa shape index (κ1) is 31.8. The summed E-state index contributed by atoms with van der Waals surface area (Å²) in [6.45, 7) is 7.83. The molecule has 0 spiro atoms. The number of hydrogen-bond donors (Lipinski definition) is 2. The number of rotatable bonds is 8. The number of nitrogens with one attached hydrogen (secondary N) is 2. The molecule has 5 rings (SSSR count). The molecule has 1 aliphatic heterocycles. The van der Waals surface area contributed by atoms with Crippen LogP contribution in [-0.4, -0.2) is 67.0 Å². The van der Waals surface area contributed by atoms with Crippen molar-refractivity contribution in [3.05, 3.63) is 78.3 Å². The van der Waals surface area contributed by atoms with Crippen molar-refractivity contribution in [1.82, 2.24) is 20.6 Å². The number of alkyl carbamates (subject to hydrolysis) is 1. The van der Waals surface area contributed by atoms with Crippen LogP contribution in [0.25, 0.3) is 33.2 Å². The fraction of sp³-hybridized carbons (Fsp3) is 0.353. The van der Waals surface area contributed by atoms with E-state index in [0.717, 1.165) is 35.5 Å². The molecule has 0 saturated carbocycles. The molecule has 45 heavy (non-hydrogen) atoms. The first-order valence-electron chi connectivity index (χ1n) is 14.9. The number of ether oxygens (including phenoxy) is 2. The summed E-state index contributed by atoms with van der Waals surface area (Å²) in [6.07, 6.45) is 4.35. The van der Waals surface area contributed by atoms with E-state index in [1.807, 2.05) is 39.0 Å². The topological polar surface area (TPSA) is 106 Å². The molecule has 1 saturated heterocycles. The molecule has 2 aromatic heterocycles. The van der Waals surface area contributed by atoms with Gasteiger partial charge in [-0.2, -0.15) is 0 Å². The standard InChI is InChI=1S/C34H37F2N5O4/c1-34(2,3)45-33(43)39-13-12-37-25-9-14-41(15-10-25)31-27-18-21(26-6-5-11-38-30(26)32(42)44-4)7-8-29(27)40-20-28(31)22-16-23(35)19-24(36)17-22/h5-8,11,16-20,25,37H,9-10,12-15H2,1-4H3,(H,39,43). The van der Waals surface area contributed by atoms with E-state index in [0.29, 0.717) is 48.4 Å². The average Bonchev–Trinajstić information content (AvgIpc) is 3.01. The Balaban J connectivity index is 1.44. The summed E-state index contributed by atoms with van der Waals surface area (Å²) < 4.78 is 39.0. The fourth-order valence-corrected chi connectivity index (χ4v) is 5.57. The number of pyridine rings is 2. The second kappa shape index (κ2) is 13.6. The Morgan fingerprint density at radius 3 is 2.38 bits per heavy atom. The van der Waals surface area contributed by atoms with Crippen molar-refractivity contribution in [2.24, 2.45) is 0 Å². The number of hydrogen-bond acceptors (Lipinski definition) is 8. The molecule has 0 aliphatic carbocycles. The molecular weight excluding hydrogens is 580 g/mol. The van der Waals surface area contributed by atoms with E-state index >= 15 is 0 Å². The van der Waals surface area contributed by atoms with Crippen molar-refractivity contribution in [3.8, 4) is 22.3 Å². The number of fused-ring (bicyclic) bond motifs is 1. The van der Waals surface area contributed by atoms with E-state index in [1.165, 1.54) is 25.4 Å². The highest BCUT2D eigenvalue weighted by molar-refractivity contribution is 6.03. The van der Waals surface area contributed by atoms with Crippen molar-refractivity contribution in [2.75, 3.05) is 38.2 Å². The quantitative estimate of drug-likeness (QED) is 0.180. The van der Waals surface area contributed by atoms with Crippen LogP contribution < -0.4 is 15.5 Å². The second-order valence-electron chi connectivity index (χ2n) is 11.9. The van der Waals surface area contributed by atoms with Gasteiger partial charge in [-0.25, -0.2) is 23.4 Å². The zero-order valence-electron chi connectivity index (χ0n) is 25.8. The number of carbonyl (C=O) groups excluding carboxylic acids is 2. The van der Waals surface area contributed by atoms with Crippen LogP contribution in [0.1, 0.15) is 44.1 Å². The van der Waals surface area contributed by atoms with Gasteiger partial charge < -0.3 is 25.0 Å². The van der Waals surface area contributed by atoms with E-state index in [-0.39, 0.29) is 11.7 Å². The van der Waals surface area contributed by atoms with E-state index < -0.39 is 29.3 Å². The Morgan fingerprint density at radius 2 is 1.69 bits per heavy atom. The summed E-state index contributed by atoms with van der Waals surface area (Å²) in [5.41, 5.74) is 3.45. The van der Waals surface area contributed by atoms with Gasteiger partial charge in [0.15, 0.2) is 5.69 Å². The van der Waals surface area contributed by atoms with Crippen LogP contribution >= 0.6 is 0 Å². The Bertz CT molecular complexity index is 1680. The summed E-state index contributed by atoms with van der Waals surface area (Å²) in [4.78, 5) is 35.5. The number of amides is 1. The minimum Gasteiger partial charge on any atom is -0.464 e. The largest absolute Gasteiger partial charge is 0.464 e. The van der Waals surface area contributed by atoms with Crippen LogP contribution in [0.4, 0.5) is 19.3 Å². The molecule has 11 heteroatoms. The molecule has 1 aliphatic rings. The number of esters is 1. The van der Waals surface area contributed by atoms with Gasteiger partial charge in [0.1, 0.15) is 17.2 Å². The van der Waals surface area contributed by atoms with E-state index in [9.17, 15) is 18.4 Å². The van der Waals surface area contributed by atoms with E-state index in [1.54, 1.807) is 18.3 Å². The number of carbonyl (C=O) groups is 2. The molecule has 0 atom stereocenters. The minimum atomic E-state index is -0.675. The summed E-state index contributed by atoms with van der Waals surface area (Å²) in [5.74, 6) is -1.90. The molecule has 0 radical (unpaired) electrons. The summed E-state index contributed by atoms with van der Waals surface area (Å²) in [5, 5.41) is 7.05. The van der Waals surface area contributed by atoms with Crippen LogP contribution in [0, 0.1) is 11.6 Å². The molecule has 9 nitrogen and oxygen atoms in total. The predicted molar refractivity (Wildman–Crippen MR) is 169 cm³/mol. The predicted octanol–water partition coefficient (Wildman–Crippen LogP) is 6.11. The molecule has 4 aromatic rings. The number of halogens is 2. The molecule has 0 bridgehead atoms. The third-order valence-electron chi connectivity index (χ3n) is 7.55. The number of methoxy groups -OCH3 is 1. The van der Waals surface area contributed by atoms with Gasteiger partial charge in [-0.15, -0.1) is 0 Å². The summed E-state index contributed by atoms with van der Waals surface area (Å²) >= 11 is 0. The summed E-state index contributed by atoms with van der Waals surface area (Å²) in [6, 6.07) is 12.9. The second-order valence-corrected chi connectivity index (χ2v) is 11.9. The van der Waals surface area contributed by atoms with Gasteiger partial charge in [0, 0.05) is 67.2 Å². The van der Waals surface area contributed by atoms with Crippen molar-refractivity contribution < 1.29 is 27.8 Å². The maximum absolute atomic E-state index is 14.4. The Labute approximate surface area is 261 Å². The summed E-state index contributed by atoms with van der Waals surface area (Å²) in [7, 11) is 1.31. The molecule has 3 heterocycles. The Kier molecular flexibility index (Phi) is 9.57. The maximum Gasteiger partial charge on any atom is 0.407 e. The van der Waals surface area contributed by atoms with Crippen LogP contribution in [0.5, 0.6) is 0 Å². The maximum atomic E-state index is 14.4. The number of piperidine rings is 1. The Hall–Kier alpha value is -4.64. The molecule has 1 fully saturated rings. The van der Waals surface area contributed by atoms with Gasteiger partial charge in [-0.1, -0.05) is 12.1 Å². The molecule has 1 amide bonds. The minimum absolute atomic E-state index is 0.185. The van der Waals surface area contributed by atoms with Crippen molar-refractivity contribution in [3.63, 3.8) is 0 Å². The average molecular weight is 618 g/mol. The van der Waals surface area contributed by atoms with Crippen molar-refractivity contribution in [1.29, 1.82) is 0 Å². The van der Waals surface area contributed by atoms with Gasteiger partial charge in [-0.3, -0.25) is 4.98 Å². The number of nitrogens with zero attached hydrogens (tertiary/aromatic N) is 3. The van der Waals surface area contributed by atoms with Gasteiger partial charge in [0.25, 0.3) is 0 Å². The van der Waals surface area contributed by atoms with E-state index in [4.69, 9.17) is 9.47 Å². The van der Waals surface area contributed by atoms with Crippen LogP contribution in [-0.2, 0) is 9.47 Å². The number of benzene rings is 2. The Morgan fingerprint density at radius 1 is 0.956 bits per heavy atom. The van der Waals surface area contributed by atoms with Crippen LogP contribution in [0.2, 0.25) is 0 Å². The van der Waals surface area contributed by atoms with Gasteiger partial charge >= 0.3 is 12.1 Å². The molecular formula is C34H37F2N5O4. The highest BCUT2D eigenvalue weighted by atomic mass is 19.1. The van der Waals surface area contributed by atoms with Crippen molar-refractivity contribution in [2.45, 2.75) is 45.3 Å². The highest BCUT2D eigenvalue weighted by Crippen LogP contribution is 2.40. The fourth-order valence-electron chi connectivity index (χ4n) is 5.57. The molecule has 2 N–H and O–H groups in total. The van der Waals surface area contributed by atoms with Gasteiger partial charge in [-0.05, 0) is 75.1 Å². The van der Waals surface area contributed by atoms with Gasteiger partial charge in [0.2, 0.25) is 0 Å². The normalized spacial score (nSPS) is 14.0. The lowest BCUT2D eigenvalue weighted by atomic mass is 9.95. The molecule has 0 unspecified atom stereocenters. The number of anilines is 1. The number of aromatic nitrogens is 2. The lowest BCUT2D eigenvalue weighted by Crippen LogP contribution is -2.45. The van der Waals surface area contributed by atoms with Crippen LogP contribution in [0.3, 0.4) is 0 Å². The zero-order chi connectivity index (χ0) is 32.1. The first-order chi connectivity index (χ1) is 21.5. The highest BCUT2D eigenvalue weighted by Gasteiger charge is 2.25. The van der Waals surface area contributed by atoms with Gasteiger partial charge in [0.05, 0.1) is 18.3 Å². The van der Waals surface area contributed by atoms with Crippen LogP contribution in [0.15, 0.2) is 60.9 Å². The third-order valence-corrected chi connectivity index (χ3v) is 7.55. The lowest BCUT2D eigenvalue weighted by Gasteiger charge is -2.36. The van der Waals surface area contributed by atoms with E-state index in [2.05, 4.69) is 25.5 Å². The molecule has 2 aromatic carbocycles. The lowest BCUT2D eigenvalue weighted by molar-refractivity contribution is 0.0526. The SMILES string of the molecule is COC(=O)c1ncccc1-c1ccc2ncc(-c3cc(F)cc(F)c3)c(N3CCC(NCCNC(=O)OC(C)(C)C)CC3)c2c1. The smallest absolute Gasteiger partial charge is 0.407 e. The molecule has 236 valence electrons. The van der Waals surface area contributed by atoms with Crippen molar-refractivity contribution >= 4 is 28.7 Å². The monoisotopic (exact) mass is 617 g/mol. The first-order valence-corrected chi connectivity index (χ1v) is 14.9.